The Balaban J connectivity index is 1.53. The van der Waals surface area contributed by atoms with Crippen molar-refractivity contribution in [3.05, 3.63) is 65.7 Å². The summed E-state index contributed by atoms with van der Waals surface area (Å²) in [6.45, 7) is 6.38. The summed E-state index contributed by atoms with van der Waals surface area (Å²) in [6.07, 6.45) is 2.37. The largest absolute Gasteiger partial charge is 0.369 e. The van der Waals surface area contributed by atoms with Gasteiger partial charge < -0.3 is 4.90 Å². The molecule has 2 aliphatic rings. The summed E-state index contributed by atoms with van der Waals surface area (Å²) in [6, 6.07) is 18.8. The minimum Gasteiger partial charge on any atom is -0.369 e. The molecule has 2 aromatic rings. The van der Waals surface area contributed by atoms with Crippen LogP contribution < -0.4 is 4.90 Å². The second kappa shape index (κ2) is 8.86. The minimum absolute atomic E-state index is 0.0956. The molecule has 6 heteroatoms. The lowest BCUT2D eigenvalue weighted by Gasteiger charge is -2.45. The predicted molar refractivity (Wildman–Crippen MR) is 119 cm³/mol. The number of hydrogen-bond acceptors (Lipinski definition) is 4. The van der Waals surface area contributed by atoms with Gasteiger partial charge in [-0.25, -0.2) is 8.42 Å². The first kappa shape index (κ1) is 20.4. The Hall–Kier alpha value is -1.89. The number of benzene rings is 2. The van der Waals surface area contributed by atoms with Gasteiger partial charge in [-0.15, -0.1) is 0 Å². The van der Waals surface area contributed by atoms with Crippen LogP contribution in [0.2, 0.25) is 0 Å². The second-order valence-corrected chi connectivity index (χ2v) is 10.2. The van der Waals surface area contributed by atoms with Gasteiger partial charge in [-0.1, -0.05) is 48.5 Å². The average molecular weight is 414 g/mol. The fourth-order valence-electron chi connectivity index (χ4n) is 4.56. The molecule has 0 aliphatic carbocycles. The summed E-state index contributed by atoms with van der Waals surface area (Å²) < 4.78 is 27.5. The number of piperazine rings is 1. The minimum atomic E-state index is -3.19. The number of nitrogens with zero attached hydrogens (tertiary/aromatic N) is 3. The van der Waals surface area contributed by atoms with Crippen molar-refractivity contribution in [1.29, 1.82) is 0 Å². The summed E-state index contributed by atoms with van der Waals surface area (Å²) in [5.41, 5.74) is 3.78. The lowest BCUT2D eigenvalue weighted by molar-refractivity contribution is 0.0890. The van der Waals surface area contributed by atoms with E-state index < -0.39 is 10.0 Å². The molecule has 0 radical (unpaired) electrons. The average Bonchev–Trinajstić information content (AvgIpc) is 2.73. The van der Waals surface area contributed by atoms with Crippen LogP contribution in [0.4, 0.5) is 5.69 Å². The highest BCUT2D eigenvalue weighted by Gasteiger charge is 2.37. The number of anilines is 1. The summed E-state index contributed by atoms with van der Waals surface area (Å²) in [7, 11) is -3.19. The maximum Gasteiger partial charge on any atom is 0.215 e. The van der Waals surface area contributed by atoms with Crippen molar-refractivity contribution in [2.24, 2.45) is 0 Å². The van der Waals surface area contributed by atoms with E-state index in [0.29, 0.717) is 6.54 Å². The third-order valence-electron chi connectivity index (χ3n) is 6.17. The van der Waals surface area contributed by atoms with Crippen LogP contribution >= 0.6 is 0 Å². The van der Waals surface area contributed by atoms with Crippen molar-refractivity contribution in [2.75, 3.05) is 43.4 Å². The Morgan fingerprint density at radius 2 is 1.55 bits per heavy atom. The fraction of sp³-hybridized carbons (Fsp3) is 0.478. The number of aryl methyl sites for hydroxylation is 1. The van der Waals surface area contributed by atoms with Crippen molar-refractivity contribution in [2.45, 2.75) is 32.4 Å². The number of hydrogen-bond donors (Lipinski definition) is 0. The van der Waals surface area contributed by atoms with Gasteiger partial charge in [0.1, 0.15) is 0 Å². The van der Waals surface area contributed by atoms with Crippen molar-refractivity contribution in [3.8, 4) is 0 Å². The second-order valence-electron chi connectivity index (χ2n) is 8.11. The van der Waals surface area contributed by atoms with E-state index in [1.54, 1.807) is 4.31 Å². The van der Waals surface area contributed by atoms with Gasteiger partial charge in [-0.2, -0.15) is 4.31 Å². The van der Waals surface area contributed by atoms with Gasteiger partial charge in [0.25, 0.3) is 0 Å². The monoisotopic (exact) mass is 413 g/mol. The van der Waals surface area contributed by atoms with Crippen LogP contribution in [0.1, 0.15) is 24.0 Å². The Bertz CT molecular complexity index is 909. The molecule has 2 aromatic carbocycles. The predicted octanol–water partition coefficient (Wildman–Crippen LogP) is 3.11. The first-order chi connectivity index (χ1) is 14.0. The van der Waals surface area contributed by atoms with Crippen molar-refractivity contribution in [3.63, 3.8) is 0 Å². The van der Waals surface area contributed by atoms with Crippen LogP contribution in [0.5, 0.6) is 0 Å². The molecule has 156 valence electrons. The highest BCUT2D eigenvalue weighted by Crippen LogP contribution is 2.26. The fourth-order valence-corrected chi connectivity index (χ4v) is 6.35. The molecule has 5 nitrogen and oxygen atoms in total. The van der Waals surface area contributed by atoms with E-state index in [0.717, 1.165) is 45.4 Å². The topological polar surface area (TPSA) is 43.9 Å². The van der Waals surface area contributed by atoms with Gasteiger partial charge in [0.2, 0.25) is 10.0 Å². The summed E-state index contributed by atoms with van der Waals surface area (Å²) in [5.74, 6) is 0.279. The maximum atomic E-state index is 12.9. The number of sulfonamides is 1. The molecule has 29 heavy (non-hydrogen) atoms. The lowest BCUT2D eigenvalue weighted by atomic mass is 10.1. The summed E-state index contributed by atoms with van der Waals surface area (Å²) in [5, 5.41) is 0. The summed E-state index contributed by atoms with van der Waals surface area (Å²) >= 11 is 0. The Kier molecular flexibility index (Phi) is 6.23. The smallest absolute Gasteiger partial charge is 0.215 e. The number of para-hydroxylation sites is 1. The highest BCUT2D eigenvalue weighted by atomic mass is 32.2. The zero-order valence-electron chi connectivity index (χ0n) is 17.2. The molecule has 0 aromatic heterocycles. The molecule has 0 spiro atoms. The highest BCUT2D eigenvalue weighted by molar-refractivity contribution is 7.89. The SMILES string of the molecule is Cc1ccccc1N1CCN(C(Cc2ccccc2)N2CCCCS2(=O)=O)CC1. The van der Waals surface area contributed by atoms with Gasteiger partial charge in [-0.3, -0.25) is 4.90 Å². The summed E-state index contributed by atoms with van der Waals surface area (Å²) in [4.78, 5) is 4.81. The van der Waals surface area contributed by atoms with Gasteiger partial charge in [0, 0.05) is 44.8 Å². The van der Waals surface area contributed by atoms with Crippen LogP contribution in [0, 0.1) is 6.92 Å². The van der Waals surface area contributed by atoms with E-state index in [2.05, 4.69) is 53.1 Å². The lowest BCUT2D eigenvalue weighted by Crippen LogP contribution is -2.59. The quantitative estimate of drug-likeness (QED) is 0.756. The molecule has 0 amide bonds. The van der Waals surface area contributed by atoms with E-state index in [4.69, 9.17) is 0 Å². The molecular weight excluding hydrogens is 382 g/mol. The van der Waals surface area contributed by atoms with Gasteiger partial charge in [0.05, 0.1) is 11.9 Å². The van der Waals surface area contributed by atoms with Crippen LogP contribution in [0.15, 0.2) is 54.6 Å². The van der Waals surface area contributed by atoms with E-state index in [1.165, 1.54) is 16.8 Å². The Labute approximate surface area is 175 Å². The third-order valence-corrected chi connectivity index (χ3v) is 8.12. The Morgan fingerprint density at radius 3 is 2.24 bits per heavy atom. The molecule has 2 saturated heterocycles. The van der Waals surface area contributed by atoms with E-state index >= 15 is 0 Å². The molecule has 0 bridgehead atoms. The standard InChI is InChI=1S/C23H31N3O2S/c1-20-9-5-6-12-22(20)24-14-16-25(17-15-24)23(19-21-10-3-2-4-11-21)26-13-7-8-18-29(26,27)28/h2-6,9-12,23H,7-8,13-19H2,1H3. The molecule has 4 rings (SSSR count). The molecule has 1 unspecified atom stereocenters. The van der Waals surface area contributed by atoms with Crippen molar-refractivity contribution < 1.29 is 8.42 Å². The zero-order valence-corrected chi connectivity index (χ0v) is 18.0. The van der Waals surface area contributed by atoms with Crippen LogP contribution in [-0.4, -0.2) is 62.3 Å². The molecule has 2 fully saturated rings. The molecule has 0 saturated carbocycles. The van der Waals surface area contributed by atoms with Gasteiger partial charge in [0.15, 0.2) is 0 Å². The van der Waals surface area contributed by atoms with Gasteiger partial charge in [-0.05, 0) is 37.0 Å². The van der Waals surface area contributed by atoms with E-state index in [1.807, 2.05) is 18.2 Å². The molecular formula is C23H31N3O2S. The van der Waals surface area contributed by atoms with Crippen LogP contribution in [0.25, 0.3) is 0 Å². The molecule has 2 aliphatic heterocycles. The third kappa shape index (κ3) is 4.65. The van der Waals surface area contributed by atoms with E-state index in [9.17, 15) is 8.42 Å². The zero-order chi connectivity index (χ0) is 20.3. The van der Waals surface area contributed by atoms with Gasteiger partial charge >= 0.3 is 0 Å². The first-order valence-corrected chi connectivity index (χ1v) is 12.2. The molecule has 0 N–H and O–H groups in total. The number of rotatable bonds is 5. The first-order valence-electron chi connectivity index (χ1n) is 10.6. The Morgan fingerprint density at radius 1 is 0.862 bits per heavy atom. The maximum absolute atomic E-state index is 12.9. The van der Waals surface area contributed by atoms with Crippen LogP contribution in [-0.2, 0) is 16.4 Å². The normalized spacial score (nSPS) is 21.8. The van der Waals surface area contributed by atoms with Crippen LogP contribution in [0.3, 0.4) is 0 Å². The molecule has 1 atom stereocenters. The van der Waals surface area contributed by atoms with Crippen molar-refractivity contribution >= 4 is 15.7 Å². The van der Waals surface area contributed by atoms with E-state index in [-0.39, 0.29) is 11.9 Å². The molecule has 2 heterocycles. The van der Waals surface area contributed by atoms with Crippen molar-refractivity contribution in [1.82, 2.24) is 9.21 Å².